The maximum absolute atomic E-state index is 16.1. The van der Waals surface area contributed by atoms with E-state index in [-0.39, 0.29) is 23.1 Å². The van der Waals surface area contributed by atoms with Crippen LogP contribution in [0.3, 0.4) is 0 Å². The molecule has 2 aromatic heterocycles. The van der Waals surface area contributed by atoms with E-state index in [2.05, 4.69) is 15.0 Å². The number of carbonyl (C=O) groups excluding carboxylic acids is 1. The summed E-state index contributed by atoms with van der Waals surface area (Å²) in [5, 5.41) is 2.59. The highest BCUT2D eigenvalue weighted by molar-refractivity contribution is 6.36. The fraction of sp³-hybridized carbons (Fsp3) is 0.259. The Morgan fingerprint density at radius 2 is 1.86 bits per heavy atom. The highest BCUT2D eigenvalue weighted by Gasteiger charge is 2.25. The van der Waals surface area contributed by atoms with Crippen molar-refractivity contribution in [3.05, 3.63) is 65.6 Å². The van der Waals surface area contributed by atoms with Crippen molar-refractivity contribution in [1.82, 2.24) is 19.9 Å². The normalized spacial score (nSPS) is 14.2. The summed E-state index contributed by atoms with van der Waals surface area (Å²) in [6, 6.07) is 11.2. The number of carbonyl (C=O) groups is 1. The molecule has 0 bridgehead atoms. The summed E-state index contributed by atoms with van der Waals surface area (Å²) in [6.45, 7) is 2.39. The van der Waals surface area contributed by atoms with Crippen LogP contribution in [0.25, 0.3) is 32.9 Å². The standard InChI is InChI=1S/C27H25ClFN5O3/c1-36-15-5-10-21(35)33-11-13-34(14-12-33)26-19-16-30-24(23(29)25(19)31-27(32-26)37-2)18-8-3-6-17-7-4-9-20(28)22(17)18/h3-10,16H,11-15H2,1-2H3/b10-5+. The lowest BCUT2D eigenvalue weighted by molar-refractivity contribution is -0.126. The molecule has 5 rings (SSSR count). The lowest BCUT2D eigenvalue weighted by atomic mass is 10.0. The first-order valence-electron chi connectivity index (χ1n) is 11.8. The Balaban J connectivity index is 1.52. The van der Waals surface area contributed by atoms with E-state index in [0.29, 0.717) is 54.6 Å². The van der Waals surface area contributed by atoms with Crippen molar-refractivity contribution >= 4 is 45.0 Å². The number of nitrogens with zero attached hydrogens (tertiary/aromatic N) is 5. The zero-order valence-corrected chi connectivity index (χ0v) is 21.2. The Kier molecular flexibility index (Phi) is 7.16. The second-order valence-electron chi connectivity index (χ2n) is 8.53. The number of hydrogen-bond acceptors (Lipinski definition) is 7. The van der Waals surface area contributed by atoms with Gasteiger partial charge in [0.1, 0.15) is 17.0 Å². The van der Waals surface area contributed by atoms with Crippen LogP contribution in [-0.4, -0.2) is 72.8 Å². The molecule has 1 aliphatic heterocycles. The molecule has 0 unspecified atom stereocenters. The average Bonchev–Trinajstić information content (AvgIpc) is 2.93. The SMILES string of the molecule is COC/C=C/C(=O)N1CCN(c2nc(OC)nc3c(F)c(-c4cccc5cccc(Cl)c45)ncc23)CC1. The van der Waals surface area contributed by atoms with Crippen molar-refractivity contribution in [2.24, 2.45) is 0 Å². The predicted molar refractivity (Wildman–Crippen MR) is 142 cm³/mol. The summed E-state index contributed by atoms with van der Waals surface area (Å²) in [7, 11) is 3.02. The quantitative estimate of drug-likeness (QED) is 0.346. The molecule has 1 fully saturated rings. The minimum atomic E-state index is -0.580. The number of halogens is 2. The third kappa shape index (κ3) is 4.80. The van der Waals surface area contributed by atoms with Gasteiger partial charge in [0.2, 0.25) is 5.91 Å². The summed E-state index contributed by atoms with van der Waals surface area (Å²) < 4.78 is 26.3. The van der Waals surface area contributed by atoms with Gasteiger partial charge in [0.15, 0.2) is 5.82 Å². The van der Waals surface area contributed by atoms with Gasteiger partial charge in [0.05, 0.1) is 19.1 Å². The van der Waals surface area contributed by atoms with E-state index in [0.717, 1.165) is 10.8 Å². The van der Waals surface area contributed by atoms with E-state index in [1.165, 1.54) is 13.2 Å². The monoisotopic (exact) mass is 521 g/mol. The number of pyridine rings is 1. The number of aromatic nitrogens is 3. The number of rotatable bonds is 6. The van der Waals surface area contributed by atoms with Gasteiger partial charge in [-0.25, -0.2) is 4.39 Å². The van der Waals surface area contributed by atoms with Crippen LogP contribution in [0.5, 0.6) is 6.01 Å². The molecule has 1 aliphatic rings. The fourth-order valence-corrected chi connectivity index (χ4v) is 4.81. The number of ether oxygens (including phenoxy) is 2. The van der Waals surface area contributed by atoms with Crippen molar-refractivity contribution < 1.29 is 18.7 Å². The summed E-state index contributed by atoms with van der Waals surface area (Å²) in [5.74, 6) is -0.144. The van der Waals surface area contributed by atoms with Crippen LogP contribution in [0.1, 0.15) is 0 Å². The molecule has 0 spiro atoms. The molecule has 10 heteroatoms. The van der Waals surface area contributed by atoms with E-state index in [9.17, 15) is 4.79 Å². The van der Waals surface area contributed by atoms with Gasteiger partial charge in [-0.2, -0.15) is 9.97 Å². The number of fused-ring (bicyclic) bond motifs is 2. The van der Waals surface area contributed by atoms with E-state index in [4.69, 9.17) is 21.1 Å². The van der Waals surface area contributed by atoms with Gasteiger partial charge in [-0.05, 0) is 11.5 Å². The maximum atomic E-state index is 16.1. The van der Waals surface area contributed by atoms with Crippen molar-refractivity contribution in [1.29, 1.82) is 0 Å². The van der Waals surface area contributed by atoms with Gasteiger partial charge in [-0.3, -0.25) is 9.78 Å². The zero-order valence-electron chi connectivity index (χ0n) is 20.4. The summed E-state index contributed by atoms with van der Waals surface area (Å²) >= 11 is 6.49. The molecule has 0 N–H and O–H groups in total. The molecule has 0 aliphatic carbocycles. The molecule has 2 aromatic carbocycles. The van der Waals surface area contributed by atoms with E-state index in [1.807, 2.05) is 29.2 Å². The van der Waals surface area contributed by atoms with Crippen LogP contribution < -0.4 is 9.64 Å². The Hall–Kier alpha value is -3.82. The van der Waals surface area contributed by atoms with Crippen LogP contribution in [0.15, 0.2) is 54.7 Å². The molecular weight excluding hydrogens is 497 g/mol. The van der Waals surface area contributed by atoms with Crippen molar-refractivity contribution in [3.63, 3.8) is 0 Å². The summed E-state index contributed by atoms with van der Waals surface area (Å²) in [5.41, 5.74) is 0.836. The number of piperazine rings is 1. The van der Waals surface area contributed by atoms with Gasteiger partial charge >= 0.3 is 6.01 Å². The third-order valence-corrected chi connectivity index (χ3v) is 6.66. The lowest BCUT2D eigenvalue weighted by Gasteiger charge is -2.35. The predicted octanol–water partition coefficient (Wildman–Crippen LogP) is 4.50. The third-order valence-electron chi connectivity index (χ3n) is 6.35. The maximum Gasteiger partial charge on any atom is 0.318 e. The molecule has 37 heavy (non-hydrogen) atoms. The van der Waals surface area contributed by atoms with Crippen LogP contribution in [-0.2, 0) is 9.53 Å². The lowest BCUT2D eigenvalue weighted by Crippen LogP contribution is -2.48. The number of methoxy groups -OCH3 is 2. The van der Waals surface area contributed by atoms with Crippen LogP contribution in [0.4, 0.5) is 10.2 Å². The Labute approximate surface area is 218 Å². The van der Waals surface area contributed by atoms with Gasteiger partial charge in [0.25, 0.3) is 0 Å². The van der Waals surface area contributed by atoms with Crippen molar-refractivity contribution in [2.75, 3.05) is 51.9 Å². The Morgan fingerprint density at radius 3 is 2.59 bits per heavy atom. The molecule has 0 radical (unpaired) electrons. The van der Waals surface area contributed by atoms with Gasteiger partial charge < -0.3 is 19.3 Å². The second-order valence-corrected chi connectivity index (χ2v) is 8.94. The summed E-state index contributed by atoms with van der Waals surface area (Å²) in [6.07, 6.45) is 4.79. The second kappa shape index (κ2) is 10.7. The smallest absolute Gasteiger partial charge is 0.318 e. The van der Waals surface area contributed by atoms with Crippen molar-refractivity contribution in [3.8, 4) is 17.3 Å². The largest absolute Gasteiger partial charge is 0.467 e. The van der Waals surface area contributed by atoms with Gasteiger partial charge in [-0.15, -0.1) is 0 Å². The van der Waals surface area contributed by atoms with Crippen molar-refractivity contribution in [2.45, 2.75) is 0 Å². The molecule has 1 saturated heterocycles. The fourth-order valence-electron chi connectivity index (χ4n) is 4.52. The molecular formula is C27H25ClFN5O3. The number of hydrogen-bond donors (Lipinski definition) is 0. The topological polar surface area (TPSA) is 80.7 Å². The van der Waals surface area contributed by atoms with E-state index >= 15 is 4.39 Å². The molecule has 190 valence electrons. The number of anilines is 1. The first-order chi connectivity index (χ1) is 18.0. The van der Waals surface area contributed by atoms with Gasteiger partial charge in [0, 0.05) is 61.5 Å². The van der Waals surface area contributed by atoms with E-state index in [1.54, 1.807) is 36.4 Å². The molecule has 3 heterocycles. The minimum absolute atomic E-state index is 0.0514. The Bertz CT molecular complexity index is 1500. The van der Waals surface area contributed by atoms with Crippen LogP contribution in [0.2, 0.25) is 5.02 Å². The first kappa shape index (κ1) is 24.9. The van der Waals surface area contributed by atoms with E-state index < -0.39 is 5.82 Å². The molecule has 0 saturated carbocycles. The number of amides is 1. The Morgan fingerprint density at radius 1 is 1.11 bits per heavy atom. The molecule has 4 aromatic rings. The van der Waals surface area contributed by atoms with Crippen LogP contribution >= 0.6 is 11.6 Å². The first-order valence-corrected chi connectivity index (χ1v) is 12.2. The molecule has 0 atom stereocenters. The molecule has 8 nitrogen and oxygen atoms in total. The molecule has 1 amide bonds. The average molecular weight is 522 g/mol. The zero-order chi connectivity index (χ0) is 25.9. The minimum Gasteiger partial charge on any atom is -0.467 e. The highest BCUT2D eigenvalue weighted by Crippen LogP contribution is 2.37. The van der Waals surface area contributed by atoms with Gasteiger partial charge in [-0.1, -0.05) is 48.0 Å². The van der Waals surface area contributed by atoms with Crippen LogP contribution in [0, 0.1) is 5.82 Å². The highest BCUT2D eigenvalue weighted by atomic mass is 35.5. The number of benzene rings is 2. The summed E-state index contributed by atoms with van der Waals surface area (Å²) in [4.78, 5) is 29.5.